The van der Waals surface area contributed by atoms with Crippen LogP contribution >= 0.6 is 11.3 Å². The van der Waals surface area contributed by atoms with Gasteiger partial charge in [0, 0.05) is 27.4 Å². The predicted molar refractivity (Wildman–Crippen MR) is 124 cm³/mol. The normalized spacial score (nSPS) is 11.6. The maximum Gasteiger partial charge on any atom is 0.353 e. The van der Waals surface area contributed by atoms with E-state index in [-0.39, 0.29) is 5.41 Å². The Morgan fingerprint density at radius 2 is 1.97 bits per heavy atom. The van der Waals surface area contributed by atoms with Gasteiger partial charge in [-0.25, -0.2) is 14.8 Å². The zero-order chi connectivity index (χ0) is 21.5. The number of nitrogens with zero attached hydrogens (tertiary/aromatic N) is 2. The molecule has 4 aromatic rings. The van der Waals surface area contributed by atoms with Crippen molar-refractivity contribution in [2.24, 2.45) is 0 Å². The van der Waals surface area contributed by atoms with Gasteiger partial charge in [-0.1, -0.05) is 39.5 Å². The van der Waals surface area contributed by atoms with Crippen LogP contribution in [0.2, 0.25) is 0 Å². The Labute approximate surface area is 179 Å². The van der Waals surface area contributed by atoms with Crippen molar-refractivity contribution in [3.8, 4) is 0 Å². The van der Waals surface area contributed by atoms with Gasteiger partial charge in [0.25, 0.3) is 0 Å². The molecule has 0 aliphatic carbocycles. The summed E-state index contributed by atoms with van der Waals surface area (Å²) in [5.74, 6) is 0.482. The van der Waals surface area contributed by atoms with Crippen molar-refractivity contribution in [1.82, 2.24) is 9.97 Å². The molecule has 0 aliphatic rings. The molecule has 1 N–H and O–H groups in total. The van der Waals surface area contributed by atoms with Crippen LogP contribution in [0.25, 0.3) is 21.0 Å². The Kier molecular flexibility index (Phi) is 5.03. The maximum atomic E-state index is 12.3. The molecule has 152 valence electrons. The summed E-state index contributed by atoms with van der Waals surface area (Å²) in [4.78, 5) is 22.0. The van der Waals surface area contributed by atoms with Gasteiger partial charge >= 0.3 is 5.97 Å². The van der Waals surface area contributed by atoms with E-state index < -0.39 is 5.97 Å². The first-order chi connectivity index (χ1) is 14.2. The van der Waals surface area contributed by atoms with Crippen LogP contribution < -0.4 is 5.32 Å². The minimum absolute atomic E-state index is 0.0551. The molecule has 0 spiro atoms. The van der Waals surface area contributed by atoms with E-state index in [1.807, 2.05) is 30.3 Å². The Hall–Kier alpha value is -3.25. The lowest BCUT2D eigenvalue weighted by Gasteiger charge is -2.19. The van der Waals surface area contributed by atoms with Gasteiger partial charge in [0.15, 0.2) is 0 Å². The number of ether oxygens (including phenoxy) is 1. The molecule has 0 aliphatic heterocycles. The molecule has 2 aromatic heterocycles. The van der Waals surface area contributed by atoms with E-state index in [0.717, 1.165) is 26.7 Å². The molecular weight excluding hydrogens is 394 g/mol. The van der Waals surface area contributed by atoms with Crippen molar-refractivity contribution in [2.45, 2.75) is 33.1 Å². The third kappa shape index (κ3) is 4.04. The number of rotatable bonds is 4. The molecule has 2 heterocycles. The van der Waals surface area contributed by atoms with Crippen LogP contribution in [0.5, 0.6) is 0 Å². The van der Waals surface area contributed by atoms with E-state index in [0.29, 0.717) is 16.6 Å². The van der Waals surface area contributed by atoms with Gasteiger partial charge < -0.3 is 10.1 Å². The Morgan fingerprint density at radius 3 is 2.70 bits per heavy atom. The molecule has 5 nitrogen and oxygen atoms in total. The molecule has 0 amide bonds. The lowest BCUT2D eigenvalue weighted by atomic mass is 9.87. The minimum atomic E-state index is -0.400. The van der Waals surface area contributed by atoms with Crippen molar-refractivity contribution in [3.05, 3.63) is 71.4 Å². The van der Waals surface area contributed by atoms with Gasteiger partial charge in [0.05, 0.1) is 11.3 Å². The number of allylic oxidation sites excluding steroid dienone is 1. The van der Waals surface area contributed by atoms with Crippen LogP contribution in [0.4, 0.5) is 11.6 Å². The number of aromatic nitrogens is 2. The molecule has 0 fully saturated rings. The number of benzene rings is 2. The molecule has 0 atom stereocenters. The molecule has 0 radical (unpaired) electrons. The first-order valence-electron chi connectivity index (χ1n) is 9.65. The van der Waals surface area contributed by atoms with Crippen LogP contribution in [-0.2, 0) is 10.2 Å². The topological polar surface area (TPSA) is 64.1 Å². The average Bonchev–Trinajstić information content (AvgIpc) is 3.12. The van der Waals surface area contributed by atoms with Crippen molar-refractivity contribution >= 4 is 49.9 Å². The molecule has 4 rings (SSSR count). The molecule has 6 heteroatoms. The van der Waals surface area contributed by atoms with Crippen LogP contribution in [-0.4, -0.2) is 15.9 Å². The monoisotopic (exact) mass is 417 g/mol. The highest BCUT2D eigenvalue weighted by molar-refractivity contribution is 7.20. The number of thiophene rings is 1. The van der Waals surface area contributed by atoms with E-state index in [9.17, 15) is 4.79 Å². The van der Waals surface area contributed by atoms with Gasteiger partial charge in [-0.2, -0.15) is 0 Å². The standard InChI is InChI=1S/C24H23N3O2S/c1-14(2)29-22(28)20-12-18-19(30-20)10-9-15-13-25-23(27-21(15)18)26-17-8-6-7-16(11-17)24(3,4)5/h6-13H,1H2,2-5H3,(H,25,26,27). The fraction of sp³-hybridized carbons (Fsp3) is 0.208. The number of hydrogen-bond donors (Lipinski definition) is 1. The second kappa shape index (κ2) is 7.54. The molecule has 0 saturated carbocycles. The summed E-state index contributed by atoms with van der Waals surface area (Å²) >= 11 is 1.38. The third-order valence-electron chi connectivity index (χ3n) is 4.70. The van der Waals surface area contributed by atoms with E-state index in [4.69, 9.17) is 9.72 Å². The number of anilines is 2. The first-order valence-corrected chi connectivity index (χ1v) is 10.5. The van der Waals surface area contributed by atoms with Gasteiger partial charge in [-0.3, -0.25) is 0 Å². The van der Waals surface area contributed by atoms with Crippen LogP contribution in [0, 0.1) is 0 Å². The SMILES string of the molecule is C=C(C)OC(=O)c1cc2c(ccc3cnc(Nc4cccc(C(C)(C)C)c4)nc32)s1. The molecule has 0 saturated heterocycles. The maximum absolute atomic E-state index is 12.3. The Bertz CT molecular complexity index is 1280. The summed E-state index contributed by atoms with van der Waals surface area (Å²) < 4.78 is 6.12. The summed E-state index contributed by atoms with van der Waals surface area (Å²) in [6.45, 7) is 11.8. The highest BCUT2D eigenvalue weighted by Crippen LogP contribution is 2.32. The van der Waals surface area contributed by atoms with Gasteiger partial charge in [-0.05, 0) is 48.2 Å². The fourth-order valence-electron chi connectivity index (χ4n) is 3.17. The zero-order valence-corrected chi connectivity index (χ0v) is 18.3. The average molecular weight is 418 g/mol. The van der Waals surface area contributed by atoms with Crippen molar-refractivity contribution in [1.29, 1.82) is 0 Å². The fourth-order valence-corrected chi connectivity index (χ4v) is 4.11. The quantitative estimate of drug-likeness (QED) is 0.300. The van der Waals surface area contributed by atoms with E-state index >= 15 is 0 Å². The number of carbonyl (C=O) groups is 1. The highest BCUT2D eigenvalue weighted by atomic mass is 32.1. The molecule has 0 unspecified atom stereocenters. The largest absolute Gasteiger partial charge is 0.428 e. The van der Waals surface area contributed by atoms with Crippen molar-refractivity contribution < 1.29 is 9.53 Å². The number of carbonyl (C=O) groups excluding carboxylic acids is 1. The second-order valence-corrected chi connectivity index (χ2v) is 9.35. The van der Waals surface area contributed by atoms with Crippen LogP contribution in [0.1, 0.15) is 42.9 Å². The zero-order valence-electron chi connectivity index (χ0n) is 17.4. The molecular formula is C24H23N3O2S. The van der Waals surface area contributed by atoms with Gasteiger partial charge in [0.2, 0.25) is 5.95 Å². The predicted octanol–water partition coefficient (Wildman–Crippen LogP) is 6.58. The lowest BCUT2D eigenvalue weighted by molar-refractivity contribution is 0.0633. The van der Waals surface area contributed by atoms with Crippen LogP contribution in [0.3, 0.4) is 0 Å². The summed E-state index contributed by atoms with van der Waals surface area (Å²) in [6, 6.07) is 14.0. The Morgan fingerprint density at radius 1 is 1.17 bits per heavy atom. The smallest absolute Gasteiger partial charge is 0.353 e. The van der Waals surface area contributed by atoms with Crippen molar-refractivity contribution in [2.75, 3.05) is 5.32 Å². The molecule has 2 aromatic carbocycles. The molecule has 30 heavy (non-hydrogen) atoms. The molecule has 0 bridgehead atoms. The Balaban J connectivity index is 1.72. The number of nitrogens with one attached hydrogen (secondary N) is 1. The van der Waals surface area contributed by atoms with Crippen LogP contribution in [0.15, 0.2) is 61.0 Å². The highest BCUT2D eigenvalue weighted by Gasteiger charge is 2.16. The number of fused-ring (bicyclic) bond motifs is 3. The van der Waals surface area contributed by atoms with E-state index in [2.05, 4.69) is 49.8 Å². The van der Waals surface area contributed by atoms with E-state index in [1.54, 1.807) is 13.1 Å². The van der Waals surface area contributed by atoms with Gasteiger partial charge in [0.1, 0.15) is 4.88 Å². The summed E-state index contributed by atoms with van der Waals surface area (Å²) in [7, 11) is 0. The minimum Gasteiger partial charge on any atom is -0.428 e. The number of hydrogen-bond acceptors (Lipinski definition) is 6. The lowest BCUT2D eigenvalue weighted by Crippen LogP contribution is -2.11. The second-order valence-electron chi connectivity index (χ2n) is 8.27. The van der Waals surface area contributed by atoms with Gasteiger partial charge in [-0.15, -0.1) is 11.3 Å². The van der Waals surface area contributed by atoms with Crippen molar-refractivity contribution in [3.63, 3.8) is 0 Å². The first kappa shape index (κ1) is 20.0. The summed E-state index contributed by atoms with van der Waals surface area (Å²) in [5.41, 5.74) is 3.02. The summed E-state index contributed by atoms with van der Waals surface area (Å²) in [5, 5.41) is 5.12. The number of esters is 1. The van der Waals surface area contributed by atoms with E-state index in [1.165, 1.54) is 16.9 Å². The summed E-state index contributed by atoms with van der Waals surface area (Å²) in [6.07, 6.45) is 1.79. The third-order valence-corrected chi connectivity index (χ3v) is 5.78.